The van der Waals surface area contributed by atoms with Gasteiger partial charge in [-0.3, -0.25) is 4.79 Å². The number of carboxylic acid groups (broad SMARTS) is 1. The van der Waals surface area contributed by atoms with Crippen molar-refractivity contribution < 1.29 is 14.7 Å². The second-order valence-corrected chi connectivity index (χ2v) is 6.09. The predicted octanol–water partition coefficient (Wildman–Crippen LogP) is 0.841. The van der Waals surface area contributed by atoms with Gasteiger partial charge in [-0.15, -0.1) is 11.8 Å². The Hall–Kier alpha value is -0.750. The number of rotatable bonds is 6. The monoisotopic (exact) mass is 274 g/mol. The molecule has 0 radical (unpaired) electrons. The molecule has 0 aliphatic carbocycles. The molecule has 6 heteroatoms. The van der Waals surface area contributed by atoms with Crippen molar-refractivity contribution in [2.45, 2.75) is 43.9 Å². The molecule has 104 valence electrons. The third kappa shape index (κ3) is 4.49. The summed E-state index contributed by atoms with van der Waals surface area (Å²) in [5.41, 5.74) is -1.15. The van der Waals surface area contributed by atoms with Crippen LogP contribution in [0.1, 0.15) is 33.1 Å². The van der Waals surface area contributed by atoms with Gasteiger partial charge >= 0.3 is 5.97 Å². The van der Waals surface area contributed by atoms with E-state index in [1.54, 1.807) is 25.6 Å². The molecule has 0 aromatic carbocycles. The average Bonchev–Trinajstić information content (AvgIpc) is 2.37. The second kappa shape index (κ2) is 6.99. The molecular weight excluding hydrogens is 252 g/mol. The predicted molar refractivity (Wildman–Crippen MR) is 72.8 cm³/mol. The Balaban J connectivity index is 2.34. The molecule has 1 amide bonds. The molecule has 5 nitrogen and oxygen atoms in total. The normalized spacial score (nSPS) is 20.1. The van der Waals surface area contributed by atoms with Gasteiger partial charge in [0.15, 0.2) is 0 Å². The lowest BCUT2D eigenvalue weighted by Gasteiger charge is -2.26. The fraction of sp³-hybridized carbons (Fsp3) is 0.833. The molecule has 0 spiro atoms. The molecule has 1 atom stereocenters. The van der Waals surface area contributed by atoms with E-state index in [9.17, 15) is 9.59 Å². The third-order valence-electron chi connectivity index (χ3n) is 3.33. The highest BCUT2D eigenvalue weighted by Crippen LogP contribution is 2.20. The zero-order valence-corrected chi connectivity index (χ0v) is 11.8. The van der Waals surface area contributed by atoms with Gasteiger partial charge in [-0.25, -0.2) is 4.79 Å². The van der Waals surface area contributed by atoms with Crippen LogP contribution in [-0.2, 0) is 9.59 Å². The minimum Gasteiger partial charge on any atom is -0.480 e. The van der Waals surface area contributed by atoms with Crippen molar-refractivity contribution in [1.82, 2.24) is 10.6 Å². The second-order valence-electron chi connectivity index (χ2n) is 4.80. The Morgan fingerprint density at radius 2 is 2.06 bits per heavy atom. The summed E-state index contributed by atoms with van der Waals surface area (Å²) in [5.74, 6) is -0.830. The van der Waals surface area contributed by atoms with Crippen LogP contribution >= 0.6 is 11.8 Å². The van der Waals surface area contributed by atoms with E-state index in [1.807, 2.05) is 0 Å². The number of carbonyl (C=O) groups excluding carboxylic acids is 1. The van der Waals surface area contributed by atoms with Gasteiger partial charge in [0.05, 0.1) is 5.75 Å². The maximum atomic E-state index is 11.8. The van der Waals surface area contributed by atoms with Crippen molar-refractivity contribution in [3.05, 3.63) is 0 Å². The SMILES string of the molecule is CCC(C)(NC(=O)CSC1CCNCC1)C(=O)O. The first-order valence-corrected chi connectivity index (χ1v) is 7.39. The van der Waals surface area contributed by atoms with Crippen LogP contribution in [0.5, 0.6) is 0 Å². The number of thioether (sulfide) groups is 1. The van der Waals surface area contributed by atoms with E-state index in [4.69, 9.17) is 5.11 Å². The van der Waals surface area contributed by atoms with E-state index in [2.05, 4.69) is 10.6 Å². The lowest BCUT2D eigenvalue weighted by molar-refractivity contribution is -0.146. The molecule has 1 fully saturated rings. The van der Waals surface area contributed by atoms with E-state index >= 15 is 0 Å². The lowest BCUT2D eigenvalue weighted by Crippen LogP contribution is -2.52. The summed E-state index contributed by atoms with van der Waals surface area (Å²) in [6, 6.07) is 0. The molecule has 1 aliphatic heterocycles. The largest absolute Gasteiger partial charge is 0.480 e. The summed E-state index contributed by atoms with van der Waals surface area (Å²) in [6.45, 7) is 5.30. The van der Waals surface area contributed by atoms with Crippen LogP contribution in [0.4, 0.5) is 0 Å². The smallest absolute Gasteiger partial charge is 0.329 e. The van der Waals surface area contributed by atoms with Crippen molar-refractivity contribution in [2.75, 3.05) is 18.8 Å². The number of amides is 1. The zero-order chi connectivity index (χ0) is 13.6. The minimum absolute atomic E-state index is 0.190. The highest BCUT2D eigenvalue weighted by atomic mass is 32.2. The number of piperidine rings is 1. The van der Waals surface area contributed by atoms with E-state index in [0.29, 0.717) is 17.4 Å². The summed E-state index contributed by atoms with van der Waals surface area (Å²) in [5, 5.41) is 15.5. The number of carboxylic acids is 1. The quantitative estimate of drug-likeness (QED) is 0.669. The van der Waals surface area contributed by atoms with Crippen LogP contribution in [-0.4, -0.2) is 46.6 Å². The van der Waals surface area contributed by atoms with Crippen LogP contribution in [0, 0.1) is 0 Å². The Labute approximate surface area is 112 Å². The topological polar surface area (TPSA) is 78.4 Å². The Morgan fingerprint density at radius 3 is 2.56 bits per heavy atom. The molecule has 0 aromatic heterocycles. The van der Waals surface area contributed by atoms with Crippen molar-refractivity contribution in [3.8, 4) is 0 Å². The van der Waals surface area contributed by atoms with Gasteiger partial charge in [0.25, 0.3) is 0 Å². The third-order valence-corrected chi connectivity index (χ3v) is 4.70. The van der Waals surface area contributed by atoms with Gasteiger partial charge in [0, 0.05) is 5.25 Å². The maximum Gasteiger partial charge on any atom is 0.329 e. The first-order valence-electron chi connectivity index (χ1n) is 6.34. The molecular formula is C12H22N2O3S. The number of hydrogen-bond donors (Lipinski definition) is 3. The molecule has 3 N–H and O–H groups in total. The van der Waals surface area contributed by atoms with E-state index in [0.717, 1.165) is 25.9 Å². The van der Waals surface area contributed by atoms with Crippen molar-refractivity contribution in [2.24, 2.45) is 0 Å². The summed E-state index contributed by atoms with van der Waals surface area (Å²) in [7, 11) is 0. The van der Waals surface area contributed by atoms with Gasteiger partial charge in [0.1, 0.15) is 5.54 Å². The Morgan fingerprint density at radius 1 is 1.44 bits per heavy atom. The van der Waals surface area contributed by atoms with E-state index < -0.39 is 11.5 Å². The minimum atomic E-state index is -1.15. The van der Waals surface area contributed by atoms with Gasteiger partial charge in [-0.1, -0.05) is 6.92 Å². The van der Waals surface area contributed by atoms with Crippen LogP contribution in [0.3, 0.4) is 0 Å². The molecule has 0 bridgehead atoms. The molecule has 0 saturated carbocycles. The maximum absolute atomic E-state index is 11.8. The molecule has 0 aromatic rings. The number of carbonyl (C=O) groups is 2. The fourth-order valence-corrected chi connectivity index (χ4v) is 2.82. The van der Waals surface area contributed by atoms with Crippen LogP contribution in [0.2, 0.25) is 0 Å². The molecule has 1 unspecified atom stereocenters. The number of hydrogen-bond acceptors (Lipinski definition) is 4. The lowest BCUT2D eigenvalue weighted by atomic mass is 9.99. The zero-order valence-electron chi connectivity index (χ0n) is 11.0. The van der Waals surface area contributed by atoms with Gasteiger partial charge < -0.3 is 15.7 Å². The van der Waals surface area contributed by atoms with Crippen molar-refractivity contribution in [1.29, 1.82) is 0 Å². The van der Waals surface area contributed by atoms with Crippen molar-refractivity contribution >= 4 is 23.6 Å². The number of aliphatic carboxylic acids is 1. The van der Waals surface area contributed by atoms with Crippen LogP contribution < -0.4 is 10.6 Å². The fourth-order valence-electron chi connectivity index (χ4n) is 1.79. The highest BCUT2D eigenvalue weighted by molar-refractivity contribution is 8.00. The van der Waals surface area contributed by atoms with Gasteiger partial charge in [-0.05, 0) is 39.3 Å². The molecule has 1 aliphatic rings. The molecule has 1 saturated heterocycles. The van der Waals surface area contributed by atoms with Crippen LogP contribution in [0.25, 0.3) is 0 Å². The van der Waals surface area contributed by atoms with E-state index in [1.165, 1.54) is 0 Å². The Kier molecular flexibility index (Phi) is 5.95. The van der Waals surface area contributed by atoms with Crippen LogP contribution in [0.15, 0.2) is 0 Å². The summed E-state index contributed by atoms with van der Waals surface area (Å²) in [6.07, 6.45) is 2.52. The highest BCUT2D eigenvalue weighted by Gasteiger charge is 2.32. The van der Waals surface area contributed by atoms with E-state index in [-0.39, 0.29) is 5.91 Å². The summed E-state index contributed by atoms with van der Waals surface area (Å²) in [4.78, 5) is 22.8. The van der Waals surface area contributed by atoms with Gasteiger partial charge in [-0.2, -0.15) is 0 Å². The van der Waals surface area contributed by atoms with Crippen molar-refractivity contribution in [3.63, 3.8) is 0 Å². The standard InChI is InChI=1S/C12H22N2O3S/c1-3-12(2,11(16)17)14-10(15)8-18-9-4-6-13-7-5-9/h9,13H,3-8H2,1-2H3,(H,14,15)(H,16,17). The number of nitrogens with one attached hydrogen (secondary N) is 2. The first-order chi connectivity index (χ1) is 8.48. The summed E-state index contributed by atoms with van der Waals surface area (Å²) < 4.78 is 0. The molecule has 1 rings (SSSR count). The Bertz CT molecular complexity index is 306. The van der Waals surface area contributed by atoms with Gasteiger partial charge in [0.2, 0.25) is 5.91 Å². The summed E-state index contributed by atoms with van der Waals surface area (Å²) >= 11 is 1.62. The first kappa shape index (κ1) is 15.3. The average molecular weight is 274 g/mol. The molecule has 18 heavy (non-hydrogen) atoms. The molecule has 1 heterocycles.